The summed E-state index contributed by atoms with van der Waals surface area (Å²) in [5, 5.41) is 13.6. The number of rotatable bonds is 7. The van der Waals surface area contributed by atoms with Crippen LogP contribution in [0.1, 0.15) is 55.0 Å². The average molecular weight is 358 g/mol. The van der Waals surface area contributed by atoms with Gasteiger partial charge >= 0.3 is 0 Å². The molecule has 7 heteroatoms. The molecule has 0 aliphatic carbocycles. The lowest BCUT2D eigenvalue weighted by Crippen LogP contribution is -2.11. The number of H-pyrrole nitrogens is 1. The van der Waals surface area contributed by atoms with Crippen LogP contribution in [0, 0.1) is 0 Å². The van der Waals surface area contributed by atoms with E-state index >= 15 is 0 Å². The molecule has 3 rings (SSSR count). The summed E-state index contributed by atoms with van der Waals surface area (Å²) in [4.78, 5) is 15.6. The summed E-state index contributed by atoms with van der Waals surface area (Å²) in [5.41, 5.74) is 1.36. The van der Waals surface area contributed by atoms with Crippen molar-refractivity contribution in [2.75, 3.05) is 11.9 Å². The Labute approximate surface area is 150 Å². The van der Waals surface area contributed by atoms with Crippen LogP contribution in [0.25, 0.3) is 10.9 Å². The lowest BCUT2D eigenvalue weighted by molar-refractivity contribution is 0.102. The summed E-state index contributed by atoms with van der Waals surface area (Å²) in [7, 11) is 0. The van der Waals surface area contributed by atoms with E-state index in [1.165, 1.54) is 11.3 Å². The molecular formula is C18H22N4O2S. The third kappa shape index (κ3) is 3.82. The molecule has 2 heterocycles. The van der Waals surface area contributed by atoms with E-state index in [9.17, 15) is 4.79 Å². The van der Waals surface area contributed by atoms with Crippen molar-refractivity contribution < 1.29 is 9.53 Å². The van der Waals surface area contributed by atoms with Gasteiger partial charge in [-0.15, -0.1) is 10.2 Å². The van der Waals surface area contributed by atoms with Gasteiger partial charge in [0.25, 0.3) is 5.91 Å². The lowest BCUT2D eigenvalue weighted by atomic mass is 10.1. The maximum Gasteiger partial charge on any atom is 0.273 e. The number of nitrogens with zero attached hydrogens (tertiary/aromatic N) is 2. The topological polar surface area (TPSA) is 79.9 Å². The second-order valence-corrected chi connectivity index (χ2v) is 6.79. The van der Waals surface area contributed by atoms with Gasteiger partial charge in [-0.25, -0.2) is 0 Å². The molecule has 0 saturated heterocycles. The van der Waals surface area contributed by atoms with Gasteiger partial charge in [0.05, 0.1) is 6.61 Å². The highest BCUT2D eigenvalue weighted by atomic mass is 32.1. The van der Waals surface area contributed by atoms with Crippen molar-refractivity contribution in [3.05, 3.63) is 35.0 Å². The predicted octanol–water partition coefficient (Wildman–Crippen LogP) is 4.57. The summed E-state index contributed by atoms with van der Waals surface area (Å²) in [6.07, 6.45) is 2.03. The molecule has 0 atom stereocenters. The van der Waals surface area contributed by atoms with Crippen molar-refractivity contribution in [2.24, 2.45) is 0 Å². The molecule has 0 spiro atoms. The van der Waals surface area contributed by atoms with Gasteiger partial charge < -0.3 is 9.72 Å². The second kappa shape index (κ2) is 7.65. The van der Waals surface area contributed by atoms with Crippen molar-refractivity contribution in [2.45, 2.75) is 39.5 Å². The van der Waals surface area contributed by atoms with E-state index in [-0.39, 0.29) is 5.91 Å². The highest BCUT2D eigenvalue weighted by Gasteiger charge is 2.16. The minimum Gasteiger partial charge on any atom is -0.494 e. The van der Waals surface area contributed by atoms with Crippen LogP contribution in [0.3, 0.4) is 0 Å². The number of carbonyl (C=O) groups is 1. The Bertz CT molecular complexity index is 867. The summed E-state index contributed by atoms with van der Waals surface area (Å²) < 4.78 is 5.49. The number of benzene rings is 1. The SMILES string of the molecule is CCOc1ccc2cc(C(=O)Nc3nnc(C(CC)CC)s3)[nH]c2c1. The van der Waals surface area contributed by atoms with Crippen LogP contribution in [0.4, 0.5) is 5.13 Å². The summed E-state index contributed by atoms with van der Waals surface area (Å²) in [6.45, 7) is 6.81. The minimum atomic E-state index is -0.221. The second-order valence-electron chi connectivity index (χ2n) is 5.78. The molecule has 1 aromatic carbocycles. The Hall–Kier alpha value is -2.41. The van der Waals surface area contributed by atoms with Gasteiger partial charge in [0.15, 0.2) is 0 Å². The highest BCUT2D eigenvalue weighted by molar-refractivity contribution is 7.15. The quantitative estimate of drug-likeness (QED) is 0.648. The molecule has 0 aliphatic rings. The number of hydrogen-bond acceptors (Lipinski definition) is 5. The first kappa shape index (κ1) is 17.4. The number of carbonyl (C=O) groups excluding carboxylic acids is 1. The number of hydrogen-bond donors (Lipinski definition) is 2. The average Bonchev–Trinajstić information content (AvgIpc) is 3.23. The first-order valence-electron chi connectivity index (χ1n) is 8.54. The van der Waals surface area contributed by atoms with Crippen molar-refractivity contribution in [1.29, 1.82) is 0 Å². The monoisotopic (exact) mass is 358 g/mol. The van der Waals surface area contributed by atoms with Crippen LogP contribution in [0.2, 0.25) is 0 Å². The molecule has 2 N–H and O–H groups in total. The zero-order valence-electron chi connectivity index (χ0n) is 14.6. The fourth-order valence-corrected chi connectivity index (χ4v) is 3.74. The molecule has 0 radical (unpaired) electrons. The number of nitrogens with one attached hydrogen (secondary N) is 2. The molecule has 0 unspecified atom stereocenters. The van der Waals surface area contributed by atoms with Crippen LogP contribution in [-0.2, 0) is 0 Å². The molecule has 0 fully saturated rings. The Balaban J connectivity index is 1.76. The van der Waals surface area contributed by atoms with Crippen LogP contribution < -0.4 is 10.1 Å². The van der Waals surface area contributed by atoms with E-state index in [0.29, 0.717) is 23.4 Å². The molecule has 1 amide bonds. The molecule has 25 heavy (non-hydrogen) atoms. The maximum atomic E-state index is 12.5. The largest absolute Gasteiger partial charge is 0.494 e. The van der Waals surface area contributed by atoms with Crippen molar-refractivity contribution in [1.82, 2.24) is 15.2 Å². The van der Waals surface area contributed by atoms with Crippen LogP contribution >= 0.6 is 11.3 Å². The molecule has 3 aromatic rings. The zero-order chi connectivity index (χ0) is 17.8. The third-order valence-corrected chi connectivity index (χ3v) is 5.15. The van der Waals surface area contributed by atoms with E-state index in [1.54, 1.807) is 0 Å². The van der Waals surface area contributed by atoms with E-state index in [4.69, 9.17) is 4.74 Å². The Morgan fingerprint density at radius 2 is 2.04 bits per heavy atom. The van der Waals surface area contributed by atoms with E-state index in [2.05, 4.69) is 34.3 Å². The van der Waals surface area contributed by atoms with Gasteiger partial charge in [-0.3, -0.25) is 10.1 Å². The third-order valence-electron chi connectivity index (χ3n) is 4.15. The van der Waals surface area contributed by atoms with E-state index in [0.717, 1.165) is 34.5 Å². The molecule has 6 nitrogen and oxygen atoms in total. The van der Waals surface area contributed by atoms with Crippen molar-refractivity contribution in [3.8, 4) is 5.75 Å². The van der Waals surface area contributed by atoms with Gasteiger partial charge in [-0.05, 0) is 38.0 Å². The normalized spacial score (nSPS) is 11.2. The van der Waals surface area contributed by atoms with Gasteiger partial charge in [0.2, 0.25) is 5.13 Å². The molecule has 0 saturated carbocycles. The van der Waals surface area contributed by atoms with Crippen LogP contribution in [0.5, 0.6) is 5.75 Å². The van der Waals surface area contributed by atoms with Gasteiger partial charge in [0.1, 0.15) is 16.5 Å². The first-order valence-corrected chi connectivity index (χ1v) is 9.36. The zero-order valence-corrected chi connectivity index (χ0v) is 15.4. The number of aromatic amines is 1. The number of ether oxygens (including phenoxy) is 1. The molecule has 0 aliphatic heterocycles. The van der Waals surface area contributed by atoms with Crippen molar-refractivity contribution in [3.63, 3.8) is 0 Å². The Kier molecular flexibility index (Phi) is 5.33. The summed E-state index contributed by atoms with van der Waals surface area (Å²) in [5.74, 6) is 0.956. The van der Waals surface area contributed by atoms with Crippen molar-refractivity contribution >= 4 is 33.3 Å². The highest BCUT2D eigenvalue weighted by Crippen LogP contribution is 2.28. The summed E-state index contributed by atoms with van der Waals surface area (Å²) >= 11 is 1.44. The number of anilines is 1. The smallest absolute Gasteiger partial charge is 0.273 e. The van der Waals surface area contributed by atoms with Crippen LogP contribution in [0.15, 0.2) is 24.3 Å². The molecular weight excluding hydrogens is 336 g/mol. The van der Waals surface area contributed by atoms with E-state index in [1.807, 2.05) is 31.2 Å². The van der Waals surface area contributed by atoms with E-state index < -0.39 is 0 Å². The number of fused-ring (bicyclic) bond motifs is 1. The first-order chi connectivity index (χ1) is 12.1. The number of aromatic nitrogens is 3. The fourth-order valence-electron chi connectivity index (χ4n) is 2.74. The fraction of sp³-hybridized carbons (Fsp3) is 0.389. The van der Waals surface area contributed by atoms with Gasteiger partial charge in [0, 0.05) is 22.9 Å². The van der Waals surface area contributed by atoms with Gasteiger partial charge in [-0.2, -0.15) is 0 Å². The molecule has 2 aromatic heterocycles. The lowest BCUT2D eigenvalue weighted by Gasteiger charge is -2.05. The van der Waals surface area contributed by atoms with Gasteiger partial charge in [-0.1, -0.05) is 25.2 Å². The maximum absolute atomic E-state index is 12.5. The minimum absolute atomic E-state index is 0.221. The Morgan fingerprint density at radius 1 is 1.24 bits per heavy atom. The standard InChI is InChI=1S/C18H22N4O2S/c1-4-11(5-2)17-21-22-18(25-17)20-16(23)15-9-12-7-8-13(24-6-3)10-14(12)19-15/h7-11,19H,4-6H2,1-3H3,(H,20,22,23). The summed E-state index contributed by atoms with van der Waals surface area (Å²) in [6, 6.07) is 7.55. The predicted molar refractivity (Wildman–Crippen MR) is 101 cm³/mol. The number of amides is 1. The molecule has 132 valence electrons. The van der Waals surface area contributed by atoms with Crippen LogP contribution in [-0.4, -0.2) is 27.7 Å². The molecule has 0 bridgehead atoms. The Morgan fingerprint density at radius 3 is 2.76 bits per heavy atom.